The number of nitrogens with zero attached hydrogens (tertiary/aromatic N) is 1. The van der Waals surface area contributed by atoms with Gasteiger partial charge in [-0.3, -0.25) is 4.98 Å². The molecule has 2 heteroatoms. The van der Waals surface area contributed by atoms with Crippen molar-refractivity contribution in [1.82, 2.24) is 4.98 Å². The maximum atomic E-state index is 4.43. The summed E-state index contributed by atoms with van der Waals surface area (Å²) in [4.78, 5) is 4.43. The lowest BCUT2D eigenvalue weighted by molar-refractivity contribution is 1.05. The first-order chi connectivity index (χ1) is 5.04. The van der Waals surface area contributed by atoms with Crippen molar-refractivity contribution in [3.8, 4) is 0 Å². The van der Waals surface area contributed by atoms with E-state index in [9.17, 15) is 0 Å². The number of halogens is 1. The zero-order valence-corrected chi connectivity index (χ0v) is 9.48. The van der Waals surface area contributed by atoms with Crippen molar-refractivity contribution in [3.05, 3.63) is 26.1 Å². The van der Waals surface area contributed by atoms with Crippen molar-refractivity contribution < 1.29 is 0 Å². The van der Waals surface area contributed by atoms with E-state index in [1.54, 1.807) is 0 Å². The van der Waals surface area contributed by atoms with Crippen molar-refractivity contribution in [3.63, 3.8) is 0 Å². The Morgan fingerprint density at radius 1 is 0.909 bits per heavy atom. The standard InChI is InChI=1S/C9H12IN/c1-5-6(2)9(10)8(4)11-7(5)3/h1-4H3. The van der Waals surface area contributed by atoms with E-state index < -0.39 is 0 Å². The molecule has 60 valence electrons. The summed E-state index contributed by atoms with van der Waals surface area (Å²) in [5.74, 6) is 0. The quantitative estimate of drug-likeness (QED) is 0.654. The molecule has 1 aromatic heterocycles. The van der Waals surface area contributed by atoms with E-state index in [0.29, 0.717) is 0 Å². The summed E-state index contributed by atoms with van der Waals surface area (Å²) >= 11 is 2.35. The number of aryl methyl sites for hydroxylation is 2. The van der Waals surface area contributed by atoms with E-state index >= 15 is 0 Å². The second-order valence-corrected chi connectivity index (χ2v) is 3.93. The van der Waals surface area contributed by atoms with Crippen LogP contribution in [0.25, 0.3) is 0 Å². The average molecular weight is 261 g/mol. The van der Waals surface area contributed by atoms with E-state index in [1.807, 2.05) is 0 Å². The number of hydrogen-bond donors (Lipinski definition) is 0. The van der Waals surface area contributed by atoms with Crippen LogP contribution in [0, 0.1) is 31.3 Å². The Kier molecular flexibility index (Phi) is 2.52. The van der Waals surface area contributed by atoms with Gasteiger partial charge >= 0.3 is 0 Å². The third-order valence-electron chi connectivity index (χ3n) is 2.09. The molecule has 1 aromatic rings. The fourth-order valence-corrected chi connectivity index (χ4v) is 1.62. The van der Waals surface area contributed by atoms with E-state index in [1.165, 1.54) is 14.7 Å². The number of aromatic nitrogens is 1. The third kappa shape index (κ3) is 1.55. The molecule has 0 atom stereocenters. The first-order valence-corrected chi connectivity index (χ1v) is 4.71. The Labute approximate surface area is 81.4 Å². The molecule has 0 radical (unpaired) electrons. The van der Waals surface area contributed by atoms with Gasteiger partial charge in [-0.2, -0.15) is 0 Å². The van der Waals surface area contributed by atoms with Crippen LogP contribution in [0.15, 0.2) is 0 Å². The van der Waals surface area contributed by atoms with Gasteiger partial charge in [0.25, 0.3) is 0 Å². The Balaban J connectivity index is 3.46. The second kappa shape index (κ2) is 3.09. The van der Waals surface area contributed by atoms with Crippen LogP contribution in [-0.4, -0.2) is 4.98 Å². The van der Waals surface area contributed by atoms with E-state index in [2.05, 4.69) is 55.3 Å². The molecule has 1 nitrogen and oxygen atoms in total. The Morgan fingerprint density at radius 2 is 1.45 bits per heavy atom. The van der Waals surface area contributed by atoms with Crippen LogP contribution >= 0.6 is 22.6 Å². The predicted octanol–water partition coefficient (Wildman–Crippen LogP) is 2.92. The van der Waals surface area contributed by atoms with Gasteiger partial charge in [0, 0.05) is 9.26 Å². The normalized spacial score (nSPS) is 10.3. The topological polar surface area (TPSA) is 12.9 Å². The van der Waals surface area contributed by atoms with Crippen LogP contribution in [0.5, 0.6) is 0 Å². The summed E-state index contributed by atoms with van der Waals surface area (Å²) in [7, 11) is 0. The van der Waals surface area contributed by atoms with Crippen LogP contribution in [0.2, 0.25) is 0 Å². The molecule has 0 aromatic carbocycles. The molecule has 0 aliphatic rings. The van der Waals surface area contributed by atoms with Gasteiger partial charge in [0.2, 0.25) is 0 Å². The smallest absolute Gasteiger partial charge is 0.0512 e. The SMILES string of the molecule is Cc1nc(C)c(I)c(C)c1C. The van der Waals surface area contributed by atoms with Crippen LogP contribution in [0.3, 0.4) is 0 Å². The minimum absolute atomic E-state index is 1.14. The van der Waals surface area contributed by atoms with Crippen LogP contribution < -0.4 is 0 Å². The zero-order valence-electron chi connectivity index (χ0n) is 7.33. The summed E-state index contributed by atoms with van der Waals surface area (Å²) in [6, 6.07) is 0. The maximum absolute atomic E-state index is 4.43. The molecular formula is C9H12IN. The highest BCUT2D eigenvalue weighted by molar-refractivity contribution is 14.1. The monoisotopic (exact) mass is 261 g/mol. The van der Waals surface area contributed by atoms with Gasteiger partial charge in [-0.25, -0.2) is 0 Å². The van der Waals surface area contributed by atoms with Crippen LogP contribution in [0.1, 0.15) is 22.5 Å². The highest BCUT2D eigenvalue weighted by Gasteiger charge is 2.05. The highest BCUT2D eigenvalue weighted by atomic mass is 127. The molecule has 0 aliphatic heterocycles. The first-order valence-electron chi connectivity index (χ1n) is 3.64. The van der Waals surface area contributed by atoms with Crippen molar-refractivity contribution in [2.75, 3.05) is 0 Å². The molecule has 0 saturated carbocycles. The molecule has 0 bridgehead atoms. The van der Waals surface area contributed by atoms with Crippen molar-refractivity contribution in [2.45, 2.75) is 27.7 Å². The minimum Gasteiger partial charge on any atom is -0.257 e. The second-order valence-electron chi connectivity index (χ2n) is 2.85. The Hall–Kier alpha value is -0.120. The lowest BCUT2D eigenvalue weighted by atomic mass is 10.1. The molecule has 11 heavy (non-hydrogen) atoms. The average Bonchev–Trinajstić information content (AvgIpc) is 1.97. The molecule has 1 rings (SSSR count). The van der Waals surface area contributed by atoms with Gasteiger partial charge in [-0.15, -0.1) is 0 Å². The van der Waals surface area contributed by atoms with E-state index in [4.69, 9.17) is 0 Å². The van der Waals surface area contributed by atoms with E-state index in [-0.39, 0.29) is 0 Å². The minimum atomic E-state index is 1.14. The van der Waals surface area contributed by atoms with Gasteiger partial charge in [0.15, 0.2) is 0 Å². The Morgan fingerprint density at radius 3 is 2.00 bits per heavy atom. The molecule has 1 heterocycles. The predicted molar refractivity (Wildman–Crippen MR) is 55.9 cm³/mol. The molecule has 0 aliphatic carbocycles. The van der Waals surface area contributed by atoms with Gasteiger partial charge in [-0.05, 0) is 61.4 Å². The summed E-state index contributed by atoms with van der Waals surface area (Å²) < 4.78 is 1.30. The molecule has 0 amide bonds. The largest absolute Gasteiger partial charge is 0.257 e. The van der Waals surface area contributed by atoms with Crippen LogP contribution in [0.4, 0.5) is 0 Å². The molecule has 0 fully saturated rings. The molecular weight excluding hydrogens is 249 g/mol. The number of pyridine rings is 1. The van der Waals surface area contributed by atoms with Crippen molar-refractivity contribution in [2.24, 2.45) is 0 Å². The third-order valence-corrected chi connectivity index (χ3v) is 3.68. The first kappa shape index (κ1) is 8.97. The van der Waals surface area contributed by atoms with Gasteiger partial charge in [0.1, 0.15) is 0 Å². The fraction of sp³-hybridized carbons (Fsp3) is 0.444. The van der Waals surface area contributed by atoms with E-state index in [0.717, 1.165) is 11.4 Å². The van der Waals surface area contributed by atoms with Gasteiger partial charge in [0.05, 0.1) is 5.69 Å². The maximum Gasteiger partial charge on any atom is 0.0512 e. The van der Waals surface area contributed by atoms with Crippen molar-refractivity contribution in [1.29, 1.82) is 0 Å². The summed E-state index contributed by atoms with van der Waals surface area (Å²) in [6.07, 6.45) is 0. The number of hydrogen-bond acceptors (Lipinski definition) is 1. The highest BCUT2D eigenvalue weighted by Crippen LogP contribution is 2.19. The summed E-state index contributed by atoms with van der Waals surface area (Å²) in [6.45, 7) is 8.39. The molecule has 0 N–H and O–H groups in total. The fourth-order valence-electron chi connectivity index (χ4n) is 1.09. The summed E-state index contributed by atoms with van der Waals surface area (Å²) in [5.41, 5.74) is 4.99. The van der Waals surface area contributed by atoms with Gasteiger partial charge < -0.3 is 0 Å². The zero-order chi connectivity index (χ0) is 8.59. The number of rotatable bonds is 0. The molecule has 0 saturated heterocycles. The molecule has 0 unspecified atom stereocenters. The summed E-state index contributed by atoms with van der Waals surface area (Å²) in [5, 5.41) is 0. The Bertz CT molecular complexity index is 266. The van der Waals surface area contributed by atoms with Gasteiger partial charge in [-0.1, -0.05) is 0 Å². The molecule has 0 spiro atoms. The van der Waals surface area contributed by atoms with Crippen molar-refractivity contribution >= 4 is 22.6 Å². The lowest BCUT2D eigenvalue weighted by Gasteiger charge is -2.08. The van der Waals surface area contributed by atoms with Crippen LogP contribution in [-0.2, 0) is 0 Å². The lowest BCUT2D eigenvalue weighted by Crippen LogP contribution is -1.98.